The molecule has 21 heavy (non-hydrogen) atoms. The Kier molecular flexibility index (Phi) is 3.11. The predicted molar refractivity (Wildman–Crippen MR) is 84.3 cm³/mol. The molecule has 0 bridgehead atoms. The van der Waals surface area contributed by atoms with E-state index in [1.807, 2.05) is 0 Å². The van der Waals surface area contributed by atoms with Crippen molar-refractivity contribution in [3.8, 4) is 0 Å². The van der Waals surface area contributed by atoms with Crippen LogP contribution in [0.5, 0.6) is 0 Å². The third-order valence-electron chi connectivity index (χ3n) is 5.05. The number of carbonyl (C=O) groups excluding carboxylic acids is 1. The summed E-state index contributed by atoms with van der Waals surface area (Å²) in [7, 11) is 2.17. The molecule has 110 valence electrons. The average molecular weight is 282 g/mol. The Balaban J connectivity index is 1.69. The smallest absolute Gasteiger partial charge is 0.251 e. The summed E-state index contributed by atoms with van der Waals surface area (Å²) in [5, 5.41) is 3.11. The van der Waals surface area contributed by atoms with Gasteiger partial charge in [-0.3, -0.25) is 4.79 Å². The fourth-order valence-electron chi connectivity index (χ4n) is 3.70. The number of benzene rings is 1. The van der Waals surface area contributed by atoms with Gasteiger partial charge in [-0.1, -0.05) is 24.3 Å². The van der Waals surface area contributed by atoms with Crippen LogP contribution in [0, 0.1) is 11.8 Å². The second-order valence-corrected chi connectivity index (χ2v) is 6.84. The summed E-state index contributed by atoms with van der Waals surface area (Å²) in [6, 6.07) is 6.43. The van der Waals surface area contributed by atoms with E-state index in [0.717, 1.165) is 36.7 Å². The molecular formula is C18H22N2O. The standard InChI is InChI=1S/C18H22N2O/c1-20-10-14-9-19-18(21)16-8-13(5-4-12-2-3-12)6-7-15(16)17(14)11-20/h4-8,12,14,17H,2-3,9-11H2,1H3,(H,19,21)/b5-4+/t14-,17-/m0/s1. The summed E-state index contributed by atoms with van der Waals surface area (Å²) in [4.78, 5) is 14.7. The second-order valence-electron chi connectivity index (χ2n) is 6.84. The van der Waals surface area contributed by atoms with E-state index in [1.165, 1.54) is 18.4 Å². The SMILES string of the molecule is CN1C[C@@H]2CNC(=O)c3cc(/C=C/C4CC4)ccc3[C@H]2C1. The van der Waals surface area contributed by atoms with Gasteiger partial charge in [-0.15, -0.1) is 0 Å². The number of nitrogens with one attached hydrogen (secondary N) is 1. The molecule has 3 nitrogen and oxygen atoms in total. The zero-order valence-corrected chi connectivity index (χ0v) is 12.5. The number of carbonyl (C=O) groups is 1. The molecule has 0 radical (unpaired) electrons. The summed E-state index contributed by atoms with van der Waals surface area (Å²) < 4.78 is 0. The van der Waals surface area contributed by atoms with Crippen LogP contribution in [-0.2, 0) is 0 Å². The molecular weight excluding hydrogens is 260 g/mol. The molecule has 1 aromatic carbocycles. The van der Waals surface area contributed by atoms with Crippen LogP contribution in [-0.4, -0.2) is 37.5 Å². The first-order chi connectivity index (χ1) is 10.2. The maximum atomic E-state index is 12.4. The minimum Gasteiger partial charge on any atom is -0.352 e. The van der Waals surface area contributed by atoms with E-state index < -0.39 is 0 Å². The van der Waals surface area contributed by atoms with Gasteiger partial charge in [-0.25, -0.2) is 0 Å². The van der Waals surface area contributed by atoms with E-state index >= 15 is 0 Å². The van der Waals surface area contributed by atoms with Gasteiger partial charge in [-0.05, 0) is 48.9 Å². The number of hydrogen-bond acceptors (Lipinski definition) is 2. The Hall–Kier alpha value is -1.61. The Morgan fingerprint density at radius 1 is 1.29 bits per heavy atom. The van der Waals surface area contributed by atoms with Crippen LogP contribution in [0.3, 0.4) is 0 Å². The van der Waals surface area contributed by atoms with Crippen molar-refractivity contribution in [2.45, 2.75) is 18.8 Å². The highest BCUT2D eigenvalue weighted by atomic mass is 16.1. The molecule has 2 heterocycles. The zero-order valence-electron chi connectivity index (χ0n) is 12.5. The van der Waals surface area contributed by atoms with E-state index in [4.69, 9.17) is 0 Å². The number of likely N-dealkylation sites (tertiary alicyclic amines) is 1. The van der Waals surface area contributed by atoms with Gasteiger partial charge in [0.2, 0.25) is 0 Å². The number of likely N-dealkylation sites (N-methyl/N-ethyl adjacent to an activating group) is 1. The van der Waals surface area contributed by atoms with Gasteiger partial charge < -0.3 is 10.2 Å². The van der Waals surface area contributed by atoms with Crippen LogP contribution < -0.4 is 5.32 Å². The molecule has 2 aliphatic heterocycles. The summed E-state index contributed by atoms with van der Waals surface area (Å²) in [5.41, 5.74) is 3.28. The van der Waals surface area contributed by atoms with Crippen molar-refractivity contribution in [3.63, 3.8) is 0 Å². The van der Waals surface area contributed by atoms with Gasteiger partial charge in [0.25, 0.3) is 5.91 Å². The maximum absolute atomic E-state index is 12.4. The fraction of sp³-hybridized carbons (Fsp3) is 0.500. The predicted octanol–water partition coefficient (Wildman–Crippen LogP) is 2.50. The fourth-order valence-corrected chi connectivity index (χ4v) is 3.70. The van der Waals surface area contributed by atoms with Crippen LogP contribution >= 0.6 is 0 Å². The summed E-state index contributed by atoms with van der Waals surface area (Å²) in [5.74, 6) is 1.91. The number of rotatable bonds is 2. The van der Waals surface area contributed by atoms with E-state index in [0.29, 0.717) is 11.8 Å². The van der Waals surface area contributed by atoms with Crippen LogP contribution in [0.1, 0.15) is 40.2 Å². The van der Waals surface area contributed by atoms with Crippen molar-refractivity contribution in [1.82, 2.24) is 10.2 Å². The lowest BCUT2D eigenvalue weighted by molar-refractivity contribution is 0.0951. The molecule has 1 aromatic rings. The Labute approximate surface area is 126 Å². The van der Waals surface area contributed by atoms with E-state index in [1.54, 1.807) is 0 Å². The van der Waals surface area contributed by atoms with Gasteiger partial charge in [0, 0.05) is 31.1 Å². The highest BCUT2D eigenvalue weighted by molar-refractivity contribution is 5.97. The van der Waals surface area contributed by atoms with Crippen molar-refractivity contribution in [1.29, 1.82) is 0 Å². The van der Waals surface area contributed by atoms with Gasteiger partial charge in [0.1, 0.15) is 0 Å². The molecule has 1 saturated heterocycles. The molecule has 1 N–H and O–H groups in total. The van der Waals surface area contributed by atoms with Crippen molar-refractivity contribution >= 4 is 12.0 Å². The molecule has 4 rings (SSSR count). The number of amides is 1. The first-order valence-corrected chi connectivity index (χ1v) is 7.99. The van der Waals surface area contributed by atoms with Gasteiger partial charge >= 0.3 is 0 Å². The number of allylic oxidation sites excluding steroid dienone is 1. The molecule has 0 aromatic heterocycles. The lowest BCUT2D eigenvalue weighted by Crippen LogP contribution is -2.29. The average Bonchev–Trinajstić information content (AvgIpc) is 3.25. The van der Waals surface area contributed by atoms with Gasteiger partial charge in [-0.2, -0.15) is 0 Å². The molecule has 2 atom stereocenters. The minimum absolute atomic E-state index is 0.101. The maximum Gasteiger partial charge on any atom is 0.251 e. The normalized spacial score (nSPS) is 29.1. The van der Waals surface area contributed by atoms with Crippen LogP contribution in [0.2, 0.25) is 0 Å². The topological polar surface area (TPSA) is 32.3 Å². The summed E-state index contributed by atoms with van der Waals surface area (Å²) in [6.07, 6.45) is 7.09. The Morgan fingerprint density at radius 2 is 2.14 bits per heavy atom. The van der Waals surface area contributed by atoms with Crippen molar-refractivity contribution in [2.24, 2.45) is 11.8 Å². The zero-order chi connectivity index (χ0) is 14.4. The lowest BCUT2D eigenvalue weighted by Gasteiger charge is -2.16. The van der Waals surface area contributed by atoms with Crippen LogP contribution in [0.15, 0.2) is 24.3 Å². The lowest BCUT2D eigenvalue weighted by atomic mass is 9.86. The Bertz CT molecular complexity index is 603. The minimum atomic E-state index is 0.101. The molecule has 0 spiro atoms. The third-order valence-corrected chi connectivity index (χ3v) is 5.05. The Morgan fingerprint density at radius 3 is 2.95 bits per heavy atom. The first-order valence-electron chi connectivity index (χ1n) is 7.99. The van der Waals surface area contributed by atoms with E-state index in [9.17, 15) is 4.79 Å². The van der Waals surface area contributed by atoms with Crippen molar-refractivity contribution in [2.75, 3.05) is 26.7 Å². The van der Waals surface area contributed by atoms with Crippen LogP contribution in [0.4, 0.5) is 0 Å². The largest absolute Gasteiger partial charge is 0.352 e. The molecule has 2 fully saturated rings. The molecule has 1 amide bonds. The highest BCUT2D eigenvalue weighted by Crippen LogP contribution is 2.36. The second kappa shape index (κ2) is 4.99. The molecule has 3 aliphatic rings. The molecule has 0 unspecified atom stereocenters. The van der Waals surface area contributed by atoms with Crippen LogP contribution in [0.25, 0.3) is 6.08 Å². The molecule has 1 saturated carbocycles. The summed E-state index contributed by atoms with van der Waals surface area (Å²) in [6.45, 7) is 2.94. The quantitative estimate of drug-likeness (QED) is 0.904. The van der Waals surface area contributed by atoms with Crippen molar-refractivity contribution in [3.05, 3.63) is 41.0 Å². The van der Waals surface area contributed by atoms with Gasteiger partial charge in [0.15, 0.2) is 0 Å². The van der Waals surface area contributed by atoms with Crippen molar-refractivity contribution < 1.29 is 4.79 Å². The monoisotopic (exact) mass is 282 g/mol. The van der Waals surface area contributed by atoms with Gasteiger partial charge in [0.05, 0.1) is 0 Å². The highest BCUT2D eigenvalue weighted by Gasteiger charge is 2.36. The summed E-state index contributed by atoms with van der Waals surface area (Å²) >= 11 is 0. The number of fused-ring (bicyclic) bond motifs is 3. The third kappa shape index (κ3) is 2.51. The molecule has 3 heteroatoms. The number of hydrogen-bond donors (Lipinski definition) is 1. The first kappa shape index (κ1) is 13.1. The molecule has 1 aliphatic carbocycles. The number of nitrogens with zero attached hydrogens (tertiary/aromatic N) is 1. The van der Waals surface area contributed by atoms with E-state index in [2.05, 4.69) is 47.6 Å². The van der Waals surface area contributed by atoms with E-state index in [-0.39, 0.29) is 5.91 Å².